The summed E-state index contributed by atoms with van der Waals surface area (Å²) in [6, 6.07) is 0.550. The predicted molar refractivity (Wildman–Crippen MR) is 82.2 cm³/mol. The van der Waals surface area contributed by atoms with E-state index in [1.807, 2.05) is 0 Å². The second kappa shape index (κ2) is 5.25. The highest BCUT2D eigenvalue weighted by Gasteiger charge is 2.26. The molecule has 0 aliphatic carbocycles. The zero-order valence-corrected chi connectivity index (χ0v) is 13.1. The molecular weight excluding hydrogens is 276 g/mol. The van der Waals surface area contributed by atoms with Crippen molar-refractivity contribution in [2.45, 2.75) is 37.1 Å². The summed E-state index contributed by atoms with van der Waals surface area (Å²) in [6.45, 7) is 5.69. The Balaban J connectivity index is 2.05. The summed E-state index contributed by atoms with van der Waals surface area (Å²) >= 11 is 3.38. The van der Waals surface area contributed by atoms with Crippen LogP contribution < -0.4 is 4.90 Å². The minimum Gasteiger partial charge on any atom is -0.352 e. The third-order valence-electron chi connectivity index (χ3n) is 3.72. The van der Waals surface area contributed by atoms with Crippen LogP contribution in [0, 0.1) is 5.92 Å². The van der Waals surface area contributed by atoms with Crippen molar-refractivity contribution in [2.24, 2.45) is 5.92 Å². The first-order valence-corrected chi connectivity index (χ1v) is 8.65. The number of anilines is 1. The van der Waals surface area contributed by atoms with Gasteiger partial charge < -0.3 is 4.90 Å². The van der Waals surface area contributed by atoms with Crippen LogP contribution in [0.4, 0.5) is 5.82 Å². The monoisotopic (exact) mass is 294 g/mol. The molecule has 0 saturated carbocycles. The number of thiazole rings is 1. The molecule has 1 saturated heterocycles. The standard InChI is InChI=1S/C13H18N4S2/c1-8-4-5-9(2)17(6-8)12-10-11(14-7-15-12)16-13(18-3)19-10/h7-9H,4-6H2,1-3H3. The molecule has 0 N–H and O–H groups in total. The zero-order valence-electron chi connectivity index (χ0n) is 11.5. The second-order valence-corrected chi connectivity index (χ2v) is 7.27. The molecule has 3 rings (SSSR count). The minimum atomic E-state index is 0.550. The van der Waals surface area contributed by atoms with Crippen molar-refractivity contribution in [3.05, 3.63) is 6.33 Å². The van der Waals surface area contributed by atoms with E-state index in [2.05, 4.69) is 40.0 Å². The van der Waals surface area contributed by atoms with Crippen molar-refractivity contribution in [2.75, 3.05) is 17.7 Å². The number of rotatable bonds is 2. The maximum absolute atomic E-state index is 4.54. The fraction of sp³-hybridized carbons (Fsp3) is 0.615. The number of aromatic nitrogens is 3. The van der Waals surface area contributed by atoms with Gasteiger partial charge in [0.05, 0.1) is 0 Å². The Labute approximate surface area is 121 Å². The quantitative estimate of drug-likeness (QED) is 0.794. The van der Waals surface area contributed by atoms with Gasteiger partial charge >= 0.3 is 0 Å². The average Bonchev–Trinajstić information content (AvgIpc) is 2.84. The Bertz CT molecular complexity index is 583. The molecule has 1 aliphatic heterocycles. The molecule has 4 nitrogen and oxygen atoms in total. The highest BCUT2D eigenvalue weighted by atomic mass is 32.2. The normalized spacial score (nSPS) is 24.1. The van der Waals surface area contributed by atoms with E-state index in [1.54, 1.807) is 29.4 Å². The lowest BCUT2D eigenvalue weighted by Crippen LogP contribution is -2.41. The molecule has 1 fully saturated rings. The van der Waals surface area contributed by atoms with Gasteiger partial charge in [-0.25, -0.2) is 15.0 Å². The van der Waals surface area contributed by atoms with Crippen LogP contribution in [0.25, 0.3) is 10.3 Å². The topological polar surface area (TPSA) is 41.9 Å². The van der Waals surface area contributed by atoms with E-state index >= 15 is 0 Å². The van der Waals surface area contributed by atoms with Gasteiger partial charge in [-0.15, -0.1) is 11.3 Å². The Kier molecular flexibility index (Phi) is 3.62. The molecule has 0 bridgehead atoms. The lowest BCUT2D eigenvalue weighted by atomic mass is 9.95. The van der Waals surface area contributed by atoms with Gasteiger partial charge in [0.15, 0.2) is 15.8 Å². The Morgan fingerprint density at radius 1 is 1.32 bits per heavy atom. The molecule has 19 heavy (non-hydrogen) atoms. The van der Waals surface area contributed by atoms with Crippen LogP contribution in [-0.4, -0.2) is 33.8 Å². The van der Waals surface area contributed by atoms with Gasteiger partial charge in [0.25, 0.3) is 0 Å². The Morgan fingerprint density at radius 3 is 2.95 bits per heavy atom. The van der Waals surface area contributed by atoms with Crippen LogP contribution >= 0.6 is 23.1 Å². The van der Waals surface area contributed by atoms with Gasteiger partial charge in [-0.05, 0) is 31.9 Å². The zero-order chi connectivity index (χ0) is 13.4. The number of piperidine rings is 1. The lowest BCUT2D eigenvalue weighted by molar-refractivity contribution is 0.389. The van der Waals surface area contributed by atoms with Gasteiger partial charge in [-0.2, -0.15) is 0 Å². The van der Waals surface area contributed by atoms with E-state index in [-0.39, 0.29) is 0 Å². The largest absolute Gasteiger partial charge is 0.352 e. The van der Waals surface area contributed by atoms with Crippen molar-refractivity contribution in [1.82, 2.24) is 15.0 Å². The first-order valence-electron chi connectivity index (χ1n) is 6.61. The SMILES string of the molecule is CSc1nc2ncnc(N3CC(C)CCC3C)c2s1. The van der Waals surface area contributed by atoms with Crippen LogP contribution in [0.15, 0.2) is 10.7 Å². The molecule has 0 amide bonds. The van der Waals surface area contributed by atoms with Crippen molar-refractivity contribution < 1.29 is 0 Å². The fourth-order valence-corrected chi connectivity index (χ4v) is 4.12. The van der Waals surface area contributed by atoms with Crippen LogP contribution in [0.1, 0.15) is 26.7 Å². The first kappa shape index (κ1) is 13.1. The van der Waals surface area contributed by atoms with E-state index in [1.165, 1.54) is 12.8 Å². The molecule has 0 spiro atoms. The predicted octanol–water partition coefficient (Wildman–Crippen LogP) is 3.43. The maximum atomic E-state index is 4.54. The third-order valence-corrected chi connectivity index (χ3v) is 5.74. The molecule has 6 heteroatoms. The number of hydrogen-bond acceptors (Lipinski definition) is 6. The van der Waals surface area contributed by atoms with Gasteiger partial charge in [-0.3, -0.25) is 0 Å². The Morgan fingerprint density at radius 2 is 2.16 bits per heavy atom. The van der Waals surface area contributed by atoms with E-state index < -0.39 is 0 Å². The van der Waals surface area contributed by atoms with Crippen LogP contribution in [-0.2, 0) is 0 Å². The van der Waals surface area contributed by atoms with Crippen LogP contribution in [0.2, 0.25) is 0 Å². The smallest absolute Gasteiger partial charge is 0.176 e. The van der Waals surface area contributed by atoms with E-state index in [0.717, 1.165) is 33.0 Å². The maximum Gasteiger partial charge on any atom is 0.176 e. The highest BCUT2D eigenvalue weighted by molar-refractivity contribution is 8.00. The van der Waals surface area contributed by atoms with E-state index in [0.29, 0.717) is 6.04 Å². The van der Waals surface area contributed by atoms with Crippen LogP contribution in [0.3, 0.4) is 0 Å². The summed E-state index contributed by atoms with van der Waals surface area (Å²) in [5.74, 6) is 1.80. The van der Waals surface area contributed by atoms with Crippen molar-refractivity contribution in [3.63, 3.8) is 0 Å². The highest BCUT2D eigenvalue weighted by Crippen LogP contribution is 2.35. The molecule has 102 valence electrons. The number of nitrogens with zero attached hydrogens (tertiary/aromatic N) is 4. The molecule has 2 unspecified atom stereocenters. The molecule has 0 aromatic carbocycles. The van der Waals surface area contributed by atoms with Crippen molar-refractivity contribution in [3.8, 4) is 0 Å². The summed E-state index contributed by atoms with van der Waals surface area (Å²) in [5.41, 5.74) is 0.838. The van der Waals surface area contributed by atoms with Crippen molar-refractivity contribution in [1.29, 1.82) is 0 Å². The molecule has 2 atom stereocenters. The summed E-state index contributed by atoms with van der Waals surface area (Å²) in [4.78, 5) is 15.8. The molecule has 1 aliphatic rings. The summed E-state index contributed by atoms with van der Waals surface area (Å²) < 4.78 is 2.20. The molecule has 2 aromatic heterocycles. The fourth-order valence-electron chi connectivity index (χ4n) is 2.60. The number of fused-ring (bicyclic) bond motifs is 1. The average molecular weight is 294 g/mol. The van der Waals surface area contributed by atoms with Gasteiger partial charge in [0.1, 0.15) is 11.0 Å². The molecular formula is C13H18N4S2. The van der Waals surface area contributed by atoms with Gasteiger partial charge in [0, 0.05) is 12.6 Å². The second-order valence-electron chi connectivity index (χ2n) is 5.22. The summed E-state index contributed by atoms with van der Waals surface area (Å²) in [5, 5.41) is 0. The van der Waals surface area contributed by atoms with Gasteiger partial charge in [-0.1, -0.05) is 18.7 Å². The molecule has 3 heterocycles. The van der Waals surface area contributed by atoms with Crippen molar-refractivity contribution >= 4 is 39.3 Å². The van der Waals surface area contributed by atoms with Gasteiger partial charge in [0.2, 0.25) is 0 Å². The summed E-state index contributed by atoms with van der Waals surface area (Å²) in [6.07, 6.45) is 6.25. The van der Waals surface area contributed by atoms with Crippen LogP contribution in [0.5, 0.6) is 0 Å². The summed E-state index contributed by atoms with van der Waals surface area (Å²) in [7, 11) is 0. The van der Waals surface area contributed by atoms with E-state index in [4.69, 9.17) is 0 Å². The number of hydrogen-bond donors (Lipinski definition) is 0. The third kappa shape index (κ3) is 2.43. The first-order chi connectivity index (χ1) is 9.19. The lowest BCUT2D eigenvalue weighted by Gasteiger charge is -2.37. The number of thioether (sulfide) groups is 1. The minimum absolute atomic E-state index is 0.550. The van der Waals surface area contributed by atoms with E-state index in [9.17, 15) is 0 Å². The Hall–Kier alpha value is -0.880. The molecule has 2 aromatic rings. The molecule has 0 radical (unpaired) electrons.